The van der Waals surface area contributed by atoms with Gasteiger partial charge >= 0.3 is 0 Å². The van der Waals surface area contributed by atoms with Gasteiger partial charge in [-0.2, -0.15) is 5.26 Å². The predicted octanol–water partition coefficient (Wildman–Crippen LogP) is 6.11. The zero-order valence-electron chi connectivity index (χ0n) is 20.3. The van der Waals surface area contributed by atoms with E-state index in [2.05, 4.69) is 64.8 Å². The summed E-state index contributed by atoms with van der Waals surface area (Å²) < 4.78 is 5.41. The first-order valence-electron chi connectivity index (χ1n) is 11.9. The Balaban J connectivity index is 0.00000158. The van der Waals surface area contributed by atoms with Gasteiger partial charge in [0.25, 0.3) is 0 Å². The predicted molar refractivity (Wildman–Crippen MR) is 146 cm³/mol. The first-order chi connectivity index (χ1) is 16.7. The van der Waals surface area contributed by atoms with Gasteiger partial charge in [0, 0.05) is 52.8 Å². The van der Waals surface area contributed by atoms with Gasteiger partial charge in [-0.05, 0) is 65.9 Å². The lowest BCUT2D eigenvalue weighted by Crippen LogP contribution is -2.38. The zero-order chi connectivity index (χ0) is 24.3. The number of nitrogens with one attached hydrogen (secondary N) is 1. The largest absolute Gasteiger partial charge is 0.405 e. The molecule has 34 heavy (non-hydrogen) atoms. The summed E-state index contributed by atoms with van der Waals surface area (Å²) in [6, 6.07) is 19.5. The molecular formula is C28H34N4OS. The highest BCUT2D eigenvalue weighted by Gasteiger charge is 2.10. The second-order valence-electron chi connectivity index (χ2n) is 7.83. The second-order valence-corrected chi connectivity index (χ2v) is 8.91. The maximum Gasteiger partial charge on any atom is 0.0950 e. The molecule has 3 N–H and O–H groups in total. The SMILES string of the molecule is C/C(C#N)=C(\C=C/N)c1ccc(-c2ccc3cc(NCCN4CCOCC4)ccc3c2)s1.CC. The Bertz CT molecular complexity index is 1180. The molecule has 0 bridgehead atoms. The molecular weight excluding hydrogens is 440 g/mol. The van der Waals surface area contributed by atoms with E-state index in [0.717, 1.165) is 55.5 Å². The average molecular weight is 475 g/mol. The minimum atomic E-state index is 0.660. The van der Waals surface area contributed by atoms with Crippen LogP contribution in [0.5, 0.6) is 0 Å². The van der Waals surface area contributed by atoms with E-state index in [-0.39, 0.29) is 0 Å². The number of hydrogen-bond donors (Lipinski definition) is 2. The highest BCUT2D eigenvalue weighted by molar-refractivity contribution is 7.16. The molecule has 0 radical (unpaired) electrons. The molecule has 0 amide bonds. The van der Waals surface area contributed by atoms with Gasteiger partial charge in [0.05, 0.1) is 19.3 Å². The maximum atomic E-state index is 9.29. The van der Waals surface area contributed by atoms with E-state index >= 15 is 0 Å². The molecule has 0 saturated carbocycles. The van der Waals surface area contributed by atoms with Crippen molar-refractivity contribution in [3.8, 4) is 16.5 Å². The Kier molecular flexibility index (Phi) is 9.72. The van der Waals surface area contributed by atoms with E-state index in [4.69, 9.17) is 10.5 Å². The van der Waals surface area contributed by atoms with Crippen LogP contribution in [0.4, 0.5) is 5.69 Å². The van der Waals surface area contributed by atoms with E-state index in [9.17, 15) is 5.26 Å². The van der Waals surface area contributed by atoms with Crippen molar-refractivity contribution in [2.45, 2.75) is 20.8 Å². The molecule has 4 rings (SSSR count). The Morgan fingerprint density at radius 3 is 2.59 bits per heavy atom. The van der Waals surface area contributed by atoms with Crippen molar-refractivity contribution in [1.82, 2.24) is 4.90 Å². The number of ether oxygens (including phenoxy) is 1. The molecule has 1 aliphatic rings. The third kappa shape index (κ3) is 6.48. The summed E-state index contributed by atoms with van der Waals surface area (Å²) in [6.07, 6.45) is 3.28. The third-order valence-corrected chi connectivity index (χ3v) is 6.86. The quantitative estimate of drug-likeness (QED) is 0.319. The van der Waals surface area contributed by atoms with Crippen LogP contribution in [0.15, 0.2) is 66.4 Å². The van der Waals surface area contributed by atoms with Crippen LogP contribution in [0.25, 0.3) is 26.8 Å². The number of anilines is 1. The van der Waals surface area contributed by atoms with Crippen LogP contribution < -0.4 is 11.1 Å². The monoisotopic (exact) mass is 474 g/mol. The number of hydrogen-bond acceptors (Lipinski definition) is 6. The summed E-state index contributed by atoms with van der Waals surface area (Å²) >= 11 is 1.67. The molecule has 1 aliphatic heterocycles. The van der Waals surface area contributed by atoms with Crippen LogP contribution in [0, 0.1) is 11.3 Å². The minimum absolute atomic E-state index is 0.660. The molecule has 178 valence electrons. The molecule has 0 aliphatic carbocycles. The maximum absolute atomic E-state index is 9.29. The van der Waals surface area contributed by atoms with E-state index in [0.29, 0.717) is 5.57 Å². The number of nitriles is 1. The van der Waals surface area contributed by atoms with Gasteiger partial charge in [-0.25, -0.2) is 0 Å². The van der Waals surface area contributed by atoms with Crippen LogP contribution in [0.3, 0.4) is 0 Å². The van der Waals surface area contributed by atoms with Crippen LogP contribution in [-0.4, -0.2) is 44.3 Å². The summed E-state index contributed by atoms with van der Waals surface area (Å²) in [4.78, 5) is 4.64. The van der Waals surface area contributed by atoms with Crippen LogP contribution in [-0.2, 0) is 4.74 Å². The third-order valence-electron chi connectivity index (χ3n) is 5.69. The highest BCUT2D eigenvalue weighted by atomic mass is 32.1. The Morgan fingerprint density at radius 2 is 1.85 bits per heavy atom. The topological polar surface area (TPSA) is 74.3 Å². The van der Waals surface area contributed by atoms with Crippen molar-refractivity contribution >= 4 is 33.4 Å². The summed E-state index contributed by atoms with van der Waals surface area (Å²) in [5.74, 6) is 0. The van der Waals surface area contributed by atoms with E-state index in [1.165, 1.54) is 27.4 Å². The van der Waals surface area contributed by atoms with E-state index < -0.39 is 0 Å². The summed E-state index contributed by atoms with van der Waals surface area (Å²) in [6.45, 7) is 11.5. The summed E-state index contributed by atoms with van der Waals surface area (Å²) in [5.41, 5.74) is 9.44. The van der Waals surface area contributed by atoms with Gasteiger partial charge in [-0.1, -0.05) is 32.0 Å². The first kappa shape index (κ1) is 25.5. The second kappa shape index (κ2) is 13.0. The number of fused-ring (bicyclic) bond motifs is 1. The van der Waals surface area contributed by atoms with Crippen molar-refractivity contribution in [2.24, 2.45) is 5.73 Å². The molecule has 1 fully saturated rings. The van der Waals surface area contributed by atoms with Gasteiger partial charge in [0.1, 0.15) is 0 Å². The molecule has 6 heteroatoms. The van der Waals surface area contributed by atoms with Gasteiger partial charge in [0.2, 0.25) is 0 Å². The molecule has 1 aromatic heterocycles. The standard InChI is InChI=1S/C26H28N4OS.C2H6/c1-19(18-28)24(8-9-27)26-7-6-25(32-26)22-3-2-21-17-23(5-4-20(21)16-22)29-10-11-30-12-14-31-15-13-30;1-2/h2-9,16-17,29H,10-15,27H2,1H3;1-2H3/b9-8-,24-19-;. The number of rotatable bonds is 7. The van der Waals surface area contributed by atoms with Gasteiger partial charge in [0.15, 0.2) is 0 Å². The number of allylic oxidation sites excluding steroid dienone is 3. The van der Waals surface area contributed by atoms with Crippen molar-refractivity contribution < 1.29 is 4.74 Å². The summed E-state index contributed by atoms with van der Waals surface area (Å²) in [7, 11) is 0. The number of morpholine rings is 1. The first-order valence-corrected chi connectivity index (χ1v) is 12.7. The van der Waals surface area contributed by atoms with E-state index in [1.54, 1.807) is 17.4 Å². The molecule has 0 spiro atoms. The molecule has 2 aromatic carbocycles. The molecule has 2 heterocycles. The van der Waals surface area contributed by atoms with Gasteiger partial charge in [-0.3, -0.25) is 4.90 Å². The lowest BCUT2D eigenvalue weighted by molar-refractivity contribution is 0.0398. The number of benzene rings is 2. The molecule has 1 saturated heterocycles. The van der Waals surface area contributed by atoms with Crippen LogP contribution >= 0.6 is 11.3 Å². The Hall–Kier alpha value is -3.11. The fourth-order valence-corrected chi connectivity index (χ4v) is 4.96. The number of nitrogens with zero attached hydrogens (tertiary/aromatic N) is 2. The molecule has 3 aromatic rings. The smallest absolute Gasteiger partial charge is 0.0950 e. The molecule has 0 unspecified atom stereocenters. The van der Waals surface area contributed by atoms with Crippen LogP contribution in [0.2, 0.25) is 0 Å². The fraction of sp³-hybridized carbons (Fsp3) is 0.321. The number of nitrogens with two attached hydrogens (primary N) is 1. The van der Waals surface area contributed by atoms with Crippen molar-refractivity contribution in [3.63, 3.8) is 0 Å². The summed E-state index contributed by atoms with van der Waals surface area (Å²) in [5, 5.41) is 15.3. The van der Waals surface area contributed by atoms with E-state index in [1.807, 2.05) is 20.8 Å². The normalized spacial score (nSPS) is 14.9. The average Bonchev–Trinajstić information content (AvgIpc) is 3.38. The highest BCUT2D eigenvalue weighted by Crippen LogP contribution is 2.35. The van der Waals surface area contributed by atoms with Crippen molar-refractivity contribution in [3.05, 3.63) is 71.3 Å². The van der Waals surface area contributed by atoms with Gasteiger partial charge < -0.3 is 15.8 Å². The van der Waals surface area contributed by atoms with Gasteiger partial charge in [-0.15, -0.1) is 11.3 Å². The van der Waals surface area contributed by atoms with Crippen LogP contribution in [0.1, 0.15) is 25.6 Å². The number of thiophene rings is 1. The molecule has 5 nitrogen and oxygen atoms in total. The Morgan fingerprint density at radius 1 is 1.12 bits per heavy atom. The Labute approximate surface area is 207 Å². The minimum Gasteiger partial charge on any atom is -0.405 e. The fourth-order valence-electron chi connectivity index (χ4n) is 3.88. The van der Waals surface area contributed by atoms with Crippen molar-refractivity contribution in [2.75, 3.05) is 44.7 Å². The lowest BCUT2D eigenvalue weighted by Gasteiger charge is -2.26. The van der Waals surface area contributed by atoms with Crippen molar-refractivity contribution in [1.29, 1.82) is 5.26 Å². The molecule has 0 atom stereocenters. The lowest BCUT2D eigenvalue weighted by atomic mass is 10.1. The zero-order valence-corrected chi connectivity index (χ0v) is 21.1.